The van der Waals surface area contributed by atoms with Crippen molar-refractivity contribution in [1.29, 1.82) is 0 Å². The Morgan fingerprint density at radius 1 is 0.778 bits per heavy atom. The number of hydrogen-bond donors (Lipinski definition) is 1. The number of hydrogen-bond acceptors (Lipinski definition) is 4. The highest BCUT2D eigenvalue weighted by molar-refractivity contribution is 6.01. The van der Waals surface area contributed by atoms with Gasteiger partial charge in [-0.25, -0.2) is 9.07 Å². The predicted molar refractivity (Wildman–Crippen MR) is 171 cm³/mol. The zero-order chi connectivity index (χ0) is 31.0. The third-order valence-electron chi connectivity index (χ3n) is 7.22. The summed E-state index contributed by atoms with van der Waals surface area (Å²) >= 11 is 0. The summed E-state index contributed by atoms with van der Waals surface area (Å²) in [5, 5.41) is 11.4. The minimum Gasteiger partial charge on any atom is -0.350 e. The molecule has 0 fully saturated rings. The number of benzene rings is 5. The Balaban J connectivity index is 1.42. The van der Waals surface area contributed by atoms with Crippen LogP contribution in [0.15, 0.2) is 133 Å². The molecule has 2 amide bonds. The molecule has 0 radical (unpaired) electrons. The van der Waals surface area contributed by atoms with Crippen LogP contribution in [0.4, 0.5) is 10.1 Å². The Morgan fingerprint density at radius 3 is 2.22 bits per heavy atom. The fourth-order valence-corrected chi connectivity index (χ4v) is 5.03. The number of halogens is 1. The molecule has 220 valence electrons. The number of anilines is 1. The second-order valence-corrected chi connectivity index (χ2v) is 10.3. The Bertz CT molecular complexity index is 2000. The molecule has 0 aliphatic carbocycles. The van der Waals surface area contributed by atoms with Gasteiger partial charge in [0.2, 0.25) is 11.8 Å². The van der Waals surface area contributed by atoms with Crippen molar-refractivity contribution in [3.8, 4) is 11.8 Å². The molecular formula is C37H28FN5O2. The molecule has 6 aromatic rings. The minimum absolute atomic E-state index is 0.201. The van der Waals surface area contributed by atoms with Crippen LogP contribution in [0, 0.1) is 17.7 Å². The SMILES string of the molecule is O=C(NCc1ccccc1)C(c1cccc(C#Cc2ccccc2)c1)N(C(=O)Cn1nnc2ccccc21)c1ccc(F)cc1. The second-order valence-electron chi connectivity index (χ2n) is 10.3. The van der Waals surface area contributed by atoms with Crippen molar-refractivity contribution in [2.75, 3.05) is 4.90 Å². The van der Waals surface area contributed by atoms with Gasteiger partial charge in [-0.2, -0.15) is 0 Å². The van der Waals surface area contributed by atoms with Gasteiger partial charge in [0, 0.05) is 23.4 Å². The molecule has 0 aliphatic heterocycles. The van der Waals surface area contributed by atoms with E-state index in [0.29, 0.717) is 27.8 Å². The maximum atomic E-state index is 14.3. The van der Waals surface area contributed by atoms with Gasteiger partial charge in [0.25, 0.3) is 0 Å². The number of nitrogens with zero attached hydrogens (tertiary/aromatic N) is 4. The molecule has 1 unspecified atom stereocenters. The van der Waals surface area contributed by atoms with Crippen molar-refractivity contribution in [2.24, 2.45) is 0 Å². The summed E-state index contributed by atoms with van der Waals surface area (Å²) < 4.78 is 15.6. The predicted octanol–water partition coefficient (Wildman–Crippen LogP) is 6.06. The topological polar surface area (TPSA) is 80.1 Å². The fourth-order valence-electron chi connectivity index (χ4n) is 5.03. The number of aromatic nitrogens is 3. The number of amides is 2. The standard InChI is InChI=1S/C37H28FN5O2/c38-31-20-22-32(23-21-31)43(35(44)26-42-34-17-8-7-16-33(34)40-41-42)36(37(45)39-25-29-12-5-2-6-13-29)30-15-9-14-28(24-30)19-18-27-10-3-1-4-11-27/h1-17,20-24,36H,25-26H2,(H,39,45). The molecule has 0 saturated carbocycles. The lowest BCUT2D eigenvalue weighted by Gasteiger charge is -2.31. The third-order valence-corrected chi connectivity index (χ3v) is 7.22. The van der Waals surface area contributed by atoms with Crippen LogP contribution in [0.2, 0.25) is 0 Å². The van der Waals surface area contributed by atoms with E-state index in [1.165, 1.54) is 33.8 Å². The molecule has 1 heterocycles. The molecule has 0 spiro atoms. The van der Waals surface area contributed by atoms with Crippen molar-refractivity contribution in [3.63, 3.8) is 0 Å². The average molecular weight is 594 g/mol. The van der Waals surface area contributed by atoms with Crippen LogP contribution in [0.1, 0.15) is 28.3 Å². The maximum Gasteiger partial charge on any atom is 0.249 e. The maximum absolute atomic E-state index is 14.3. The Kier molecular flexibility index (Phi) is 8.70. The Morgan fingerprint density at radius 2 is 1.44 bits per heavy atom. The smallest absolute Gasteiger partial charge is 0.249 e. The lowest BCUT2D eigenvalue weighted by molar-refractivity contribution is -0.127. The van der Waals surface area contributed by atoms with Gasteiger partial charge in [-0.1, -0.05) is 89.9 Å². The molecule has 45 heavy (non-hydrogen) atoms. The highest BCUT2D eigenvalue weighted by atomic mass is 19.1. The van der Waals surface area contributed by atoms with Crippen LogP contribution in [0.25, 0.3) is 11.0 Å². The van der Waals surface area contributed by atoms with Crippen molar-refractivity contribution >= 4 is 28.5 Å². The molecule has 0 saturated heterocycles. The molecule has 0 bridgehead atoms. The molecule has 5 aromatic carbocycles. The molecular weight excluding hydrogens is 565 g/mol. The van der Waals surface area contributed by atoms with Crippen molar-refractivity contribution in [2.45, 2.75) is 19.1 Å². The number of rotatable bonds is 8. The van der Waals surface area contributed by atoms with Gasteiger partial charge in [0.05, 0.1) is 5.52 Å². The normalized spacial score (nSPS) is 11.3. The summed E-state index contributed by atoms with van der Waals surface area (Å²) in [6.07, 6.45) is 0. The fraction of sp³-hybridized carbons (Fsp3) is 0.0811. The highest BCUT2D eigenvalue weighted by Crippen LogP contribution is 2.30. The van der Waals surface area contributed by atoms with E-state index in [-0.39, 0.29) is 13.1 Å². The zero-order valence-corrected chi connectivity index (χ0v) is 24.2. The minimum atomic E-state index is -1.11. The summed E-state index contributed by atoms with van der Waals surface area (Å²) in [5.74, 6) is 5.01. The van der Waals surface area contributed by atoms with Crippen LogP contribution >= 0.6 is 0 Å². The summed E-state index contributed by atoms with van der Waals surface area (Å²) in [6, 6.07) is 38.1. The highest BCUT2D eigenvalue weighted by Gasteiger charge is 2.33. The van der Waals surface area contributed by atoms with Crippen molar-refractivity contribution in [3.05, 3.63) is 162 Å². The monoisotopic (exact) mass is 593 g/mol. The number of fused-ring (bicyclic) bond motifs is 1. The lowest BCUT2D eigenvalue weighted by atomic mass is 10.00. The number of carbonyl (C=O) groups excluding carboxylic acids is 2. The Labute approximate surface area is 259 Å². The first kappa shape index (κ1) is 29.0. The summed E-state index contributed by atoms with van der Waals surface area (Å²) in [5.41, 5.74) is 4.64. The number of carbonyl (C=O) groups is 2. The number of nitrogens with one attached hydrogen (secondary N) is 1. The largest absolute Gasteiger partial charge is 0.350 e. The van der Waals surface area contributed by atoms with E-state index in [2.05, 4.69) is 27.5 Å². The molecule has 1 N–H and O–H groups in total. The molecule has 1 aromatic heterocycles. The van der Waals surface area contributed by atoms with Gasteiger partial charge in [-0.15, -0.1) is 5.10 Å². The first-order chi connectivity index (χ1) is 22.0. The van der Waals surface area contributed by atoms with Crippen LogP contribution in [-0.2, 0) is 22.7 Å². The van der Waals surface area contributed by atoms with Crippen molar-refractivity contribution < 1.29 is 14.0 Å². The summed E-state index contributed by atoms with van der Waals surface area (Å²) in [4.78, 5) is 29.8. The van der Waals surface area contributed by atoms with Gasteiger partial charge < -0.3 is 5.32 Å². The Hall–Kier alpha value is -6.07. The van der Waals surface area contributed by atoms with E-state index in [4.69, 9.17) is 0 Å². The quantitative estimate of drug-likeness (QED) is 0.218. The van der Waals surface area contributed by atoms with Crippen LogP contribution in [-0.4, -0.2) is 26.8 Å². The third kappa shape index (κ3) is 6.95. The van der Waals surface area contributed by atoms with E-state index in [1.54, 1.807) is 18.2 Å². The van der Waals surface area contributed by atoms with E-state index < -0.39 is 23.7 Å². The number of para-hydroxylation sites is 1. The van der Waals surface area contributed by atoms with E-state index in [1.807, 2.05) is 91.0 Å². The summed E-state index contributed by atoms with van der Waals surface area (Å²) in [7, 11) is 0. The van der Waals surface area contributed by atoms with Crippen molar-refractivity contribution in [1.82, 2.24) is 20.3 Å². The zero-order valence-electron chi connectivity index (χ0n) is 24.2. The van der Waals surface area contributed by atoms with Gasteiger partial charge in [-0.3, -0.25) is 14.5 Å². The van der Waals surface area contributed by atoms with E-state index >= 15 is 0 Å². The van der Waals surface area contributed by atoms with E-state index in [0.717, 1.165) is 11.1 Å². The second kappa shape index (κ2) is 13.5. The van der Waals surface area contributed by atoms with Crippen LogP contribution in [0.5, 0.6) is 0 Å². The van der Waals surface area contributed by atoms with Crippen LogP contribution in [0.3, 0.4) is 0 Å². The van der Waals surface area contributed by atoms with Crippen LogP contribution < -0.4 is 10.2 Å². The molecule has 7 nitrogen and oxygen atoms in total. The molecule has 0 aliphatic rings. The molecule has 1 atom stereocenters. The molecule has 6 rings (SSSR count). The van der Waals surface area contributed by atoms with E-state index in [9.17, 15) is 14.0 Å². The average Bonchev–Trinajstić information content (AvgIpc) is 3.49. The first-order valence-corrected chi connectivity index (χ1v) is 14.4. The van der Waals surface area contributed by atoms with Gasteiger partial charge in [-0.05, 0) is 71.8 Å². The first-order valence-electron chi connectivity index (χ1n) is 14.4. The van der Waals surface area contributed by atoms with Gasteiger partial charge in [0.1, 0.15) is 23.9 Å². The van der Waals surface area contributed by atoms with Gasteiger partial charge >= 0.3 is 0 Å². The molecule has 8 heteroatoms. The lowest BCUT2D eigenvalue weighted by Crippen LogP contribution is -2.45. The summed E-state index contributed by atoms with van der Waals surface area (Å²) in [6.45, 7) is 0.0523. The van der Waals surface area contributed by atoms with Gasteiger partial charge in [0.15, 0.2) is 0 Å².